The minimum Gasteiger partial charge on any atom is -0.425 e. The minimum atomic E-state index is -3.23. The molecule has 5 heteroatoms. The van der Waals surface area contributed by atoms with Gasteiger partial charge in [-0.1, -0.05) is 52.3 Å². The van der Waals surface area contributed by atoms with E-state index in [1.165, 1.54) is 0 Å². The summed E-state index contributed by atoms with van der Waals surface area (Å²) >= 11 is 3.45. The summed E-state index contributed by atoms with van der Waals surface area (Å²) in [7, 11) is -3.23. The van der Waals surface area contributed by atoms with Gasteiger partial charge < -0.3 is 4.52 Å². The molecule has 0 aliphatic carbocycles. The fourth-order valence-electron chi connectivity index (χ4n) is 2.83. The molecule has 1 unspecified atom stereocenters. The van der Waals surface area contributed by atoms with Crippen molar-refractivity contribution in [3.05, 3.63) is 88.9 Å². The van der Waals surface area contributed by atoms with Crippen LogP contribution in [0.25, 0.3) is 0 Å². The summed E-state index contributed by atoms with van der Waals surface area (Å²) in [4.78, 5) is 0. The van der Waals surface area contributed by atoms with Crippen molar-refractivity contribution in [1.29, 1.82) is 0 Å². The molecule has 1 atom stereocenters. The van der Waals surface area contributed by atoms with Gasteiger partial charge in [0.15, 0.2) is 0 Å². The first-order chi connectivity index (χ1) is 11.7. The lowest BCUT2D eigenvalue weighted by molar-refractivity contribution is 0.473. The molecule has 0 N–H and O–H groups in total. The highest BCUT2D eigenvalue weighted by molar-refractivity contribution is 9.10. The maximum absolute atomic E-state index is 13.9. The summed E-state index contributed by atoms with van der Waals surface area (Å²) in [6.45, 7) is 0.546. The smallest absolute Gasteiger partial charge is 0.374 e. The van der Waals surface area contributed by atoms with Crippen molar-refractivity contribution in [2.75, 3.05) is 4.67 Å². The predicted octanol–water partition coefficient (Wildman–Crippen LogP) is 5.37. The molecule has 0 bridgehead atoms. The third-order valence-electron chi connectivity index (χ3n) is 4.04. The molecular weight excluding hydrogens is 385 g/mol. The Bertz CT molecular complexity index is 912. The molecule has 1 heterocycles. The summed E-state index contributed by atoms with van der Waals surface area (Å²) in [6, 6.07) is 25.0. The van der Waals surface area contributed by atoms with Gasteiger partial charge in [0.2, 0.25) is 0 Å². The van der Waals surface area contributed by atoms with Crippen LogP contribution in [0.15, 0.2) is 83.3 Å². The second kappa shape index (κ2) is 6.12. The first-order valence-electron chi connectivity index (χ1n) is 7.63. The molecular formula is C19H15BrNO2P. The lowest BCUT2D eigenvalue weighted by Gasteiger charge is -2.37. The second-order valence-corrected chi connectivity index (χ2v) is 8.73. The summed E-state index contributed by atoms with van der Waals surface area (Å²) in [6.07, 6.45) is 0. The zero-order valence-corrected chi connectivity index (χ0v) is 15.3. The Balaban J connectivity index is 1.88. The van der Waals surface area contributed by atoms with Gasteiger partial charge in [-0.15, -0.1) is 0 Å². The largest absolute Gasteiger partial charge is 0.425 e. The van der Waals surface area contributed by atoms with Crippen LogP contribution >= 0.6 is 23.4 Å². The molecule has 0 saturated heterocycles. The van der Waals surface area contributed by atoms with E-state index >= 15 is 0 Å². The highest BCUT2D eigenvalue weighted by atomic mass is 79.9. The van der Waals surface area contributed by atoms with Crippen molar-refractivity contribution in [2.45, 2.75) is 6.54 Å². The van der Waals surface area contributed by atoms with E-state index in [0.717, 1.165) is 15.7 Å². The minimum absolute atomic E-state index is 0.546. The van der Waals surface area contributed by atoms with Crippen LogP contribution in [-0.4, -0.2) is 0 Å². The third-order valence-corrected chi connectivity index (χ3v) is 6.97. The Kier molecular flexibility index (Phi) is 3.95. The molecule has 1 aliphatic heterocycles. The Morgan fingerprint density at radius 1 is 0.875 bits per heavy atom. The molecule has 0 amide bonds. The molecule has 4 rings (SSSR count). The van der Waals surface area contributed by atoms with Crippen LogP contribution in [0, 0.1) is 0 Å². The van der Waals surface area contributed by atoms with E-state index in [9.17, 15) is 4.57 Å². The molecule has 3 nitrogen and oxygen atoms in total. The molecule has 24 heavy (non-hydrogen) atoms. The van der Waals surface area contributed by atoms with E-state index in [-0.39, 0.29) is 0 Å². The van der Waals surface area contributed by atoms with E-state index in [2.05, 4.69) is 15.9 Å². The van der Waals surface area contributed by atoms with Gasteiger partial charge in [-0.2, -0.15) is 0 Å². The quantitative estimate of drug-likeness (QED) is 0.542. The van der Waals surface area contributed by atoms with Crippen molar-refractivity contribution >= 4 is 34.4 Å². The first kappa shape index (κ1) is 15.5. The van der Waals surface area contributed by atoms with Crippen molar-refractivity contribution in [3.8, 4) is 5.75 Å². The highest BCUT2D eigenvalue weighted by Crippen LogP contribution is 2.56. The molecule has 0 aromatic heterocycles. The van der Waals surface area contributed by atoms with Gasteiger partial charge in [-0.05, 0) is 42.5 Å². The SMILES string of the molecule is O=P1(c2ccccc2)Oc2ccccc2CN1c1ccc(Br)cc1. The van der Waals surface area contributed by atoms with E-state index in [4.69, 9.17) is 4.52 Å². The monoisotopic (exact) mass is 399 g/mol. The molecule has 0 fully saturated rings. The van der Waals surface area contributed by atoms with E-state index in [0.29, 0.717) is 17.6 Å². The Morgan fingerprint density at radius 3 is 2.29 bits per heavy atom. The van der Waals surface area contributed by atoms with Gasteiger partial charge in [0.1, 0.15) is 5.75 Å². The topological polar surface area (TPSA) is 29.5 Å². The zero-order chi connectivity index (χ0) is 16.6. The Hall–Kier alpha value is -2.03. The number of fused-ring (bicyclic) bond motifs is 1. The molecule has 0 saturated carbocycles. The van der Waals surface area contributed by atoms with Crippen molar-refractivity contribution in [2.24, 2.45) is 0 Å². The number of hydrogen-bond acceptors (Lipinski definition) is 2. The van der Waals surface area contributed by atoms with Gasteiger partial charge in [-0.3, -0.25) is 4.67 Å². The molecule has 1 aliphatic rings. The maximum Gasteiger partial charge on any atom is 0.374 e. The molecule has 0 spiro atoms. The third kappa shape index (κ3) is 2.66. The normalized spacial score (nSPS) is 19.5. The van der Waals surface area contributed by atoms with Gasteiger partial charge >= 0.3 is 7.52 Å². The summed E-state index contributed by atoms with van der Waals surface area (Å²) in [5.74, 6) is 0.693. The lowest BCUT2D eigenvalue weighted by atomic mass is 10.2. The van der Waals surface area contributed by atoms with Crippen LogP contribution < -0.4 is 14.5 Å². The van der Waals surface area contributed by atoms with E-state index in [1.807, 2.05) is 83.5 Å². The number of benzene rings is 3. The first-order valence-corrected chi connectivity index (χ1v) is 10.0. The zero-order valence-electron chi connectivity index (χ0n) is 12.8. The van der Waals surface area contributed by atoms with Crippen LogP contribution in [0.4, 0.5) is 5.69 Å². The maximum atomic E-state index is 13.9. The van der Waals surface area contributed by atoms with Gasteiger partial charge in [0.05, 0.1) is 11.8 Å². The van der Waals surface area contributed by atoms with Crippen LogP contribution in [0.5, 0.6) is 5.75 Å². The van der Waals surface area contributed by atoms with Crippen molar-refractivity contribution in [1.82, 2.24) is 0 Å². The van der Waals surface area contributed by atoms with E-state index < -0.39 is 7.52 Å². The molecule has 3 aromatic carbocycles. The van der Waals surface area contributed by atoms with Crippen LogP contribution in [0.3, 0.4) is 0 Å². The number of para-hydroxylation sites is 1. The van der Waals surface area contributed by atoms with Crippen LogP contribution in [-0.2, 0) is 11.1 Å². The second-order valence-electron chi connectivity index (χ2n) is 5.59. The lowest BCUT2D eigenvalue weighted by Crippen LogP contribution is -2.32. The highest BCUT2D eigenvalue weighted by Gasteiger charge is 2.40. The van der Waals surface area contributed by atoms with Gasteiger partial charge in [0.25, 0.3) is 0 Å². The van der Waals surface area contributed by atoms with Crippen LogP contribution in [0.1, 0.15) is 5.56 Å². The summed E-state index contributed by atoms with van der Waals surface area (Å²) in [5, 5.41) is 0.697. The number of halogens is 1. The fourth-order valence-corrected chi connectivity index (χ4v) is 5.34. The van der Waals surface area contributed by atoms with Crippen molar-refractivity contribution < 1.29 is 9.09 Å². The van der Waals surface area contributed by atoms with Crippen molar-refractivity contribution in [3.63, 3.8) is 0 Å². The summed E-state index contributed by atoms with van der Waals surface area (Å²) in [5.41, 5.74) is 1.91. The predicted molar refractivity (Wildman–Crippen MR) is 101 cm³/mol. The Morgan fingerprint density at radius 2 is 1.54 bits per heavy atom. The number of anilines is 1. The van der Waals surface area contributed by atoms with Gasteiger partial charge in [-0.25, -0.2) is 4.57 Å². The standard InChI is InChI=1S/C19H15BrNO2P/c20-16-10-12-17(13-11-16)21-14-15-6-4-5-9-19(15)23-24(21,22)18-7-2-1-3-8-18/h1-13H,14H2. The average molecular weight is 400 g/mol. The number of rotatable bonds is 2. The van der Waals surface area contributed by atoms with Gasteiger partial charge in [0, 0.05) is 15.7 Å². The molecule has 0 radical (unpaired) electrons. The summed E-state index contributed by atoms with van der Waals surface area (Å²) < 4.78 is 22.8. The van der Waals surface area contributed by atoms with Crippen LogP contribution in [0.2, 0.25) is 0 Å². The Labute approximate surface area is 149 Å². The number of nitrogens with zero attached hydrogens (tertiary/aromatic N) is 1. The fraction of sp³-hybridized carbons (Fsp3) is 0.0526. The van der Waals surface area contributed by atoms with E-state index in [1.54, 1.807) is 0 Å². The average Bonchev–Trinajstić information content (AvgIpc) is 2.63. The molecule has 120 valence electrons. The molecule has 3 aromatic rings. The number of hydrogen-bond donors (Lipinski definition) is 0.